The molecule has 0 saturated carbocycles. The van der Waals surface area contributed by atoms with Crippen LogP contribution >= 0.6 is 0 Å². The summed E-state index contributed by atoms with van der Waals surface area (Å²) < 4.78 is 5.81. The Bertz CT molecular complexity index is 313. The molecule has 0 heterocycles. The largest absolute Gasteiger partial charge is 0.493 e. The highest BCUT2D eigenvalue weighted by molar-refractivity contribution is 5.39. The first kappa shape index (κ1) is 13.0. The van der Waals surface area contributed by atoms with Gasteiger partial charge in [0.05, 0.1) is 6.61 Å². The van der Waals surface area contributed by atoms with Gasteiger partial charge in [0, 0.05) is 6.04 Å². The smallest absolute Gasteiger partial charge is 0.125 e. The SMILES string of the molecule is Cc1cccc(C)c1OCCC(N)C(C)C. The van der Waals surface area contributed by atoms with Crippen LogP contribution in [0.15, 0.2) is 18.2 Å². The minimum Gasteiger partial charge on any atom is -0.493 e. The predicted octanol–water partition coefficient (Wildman–Crippen LogP) is 3.06. The molecule has 0 amide bonds. The summed E-state index contributed by atoms with van der Waals surface area (Å²) in [6.45, 7) is 9.13. The van der Waals surface area contributed by atoms with Crippen LogP contribution < -0.4 is 10.5 Å². The molecule has 1 aromatic carbocycles. The fourth-order valence-corrected chi connectivity index (χ4v) is 1.66. The van der Waals surface area contributed by atoms with Gasteiger partial charge in [0.2, 0.25) is 0 Å². The minimum absolute atomic E-state index is 0.226. The van der Waals surface area contributed by atoms with Crippen molar-refractivity contribution in [2.75, 3.05) is 6.61 Å². The van der Waals surface area contributed by atoms with Crippen LogP contribution in [0.3, 0.4) is 0 Å². The summed E-state index contributed by atoms with van der Waals surface area (Å²) in [4.78, 5) is 0. The fraction of sp³-hybridized carbons (Fsp3) is 0.571. The van der Waals surface area contributed by atoms with Crippen molar-refractivity contribution in [3.05, 3.63) is 29.3 Å². The second-order valence-electron chi connectivity index (χ2n) is 4.77. The van der Waals surface area contributed by atoms with Gasteiger partial charge in [-0.05, 0) is 37.3 Å². The zero-order valence-corrected chi connectivity index (χ0v) is 10.8. The van der Waals surface area contributed by atoms with E-state index in [1.807, 2.05) is 0 Å². The quantitative estimate of drug-likeness (QED) is 0.829. The first-order valence-corrected chi connectivity index (χ1v) is 5.97. The summed E-state index contributed by atoms with van der Waals surface area (Å²) in [6.07, 6.45) is 0.908. The van der Waals surface area contributed by atoms with Gasteiger partial charge in [-0.25, -0.2) is 0 Å². The highest BCUT2D eigenvalue weighted by atomic mass is 16.5. The van der Waals surface area contributed by atoms with E-state index in [9.17, 15) is 0 Å². The number of nitrogens with two attached hydrogens (primary N) is 1. The van der Waals surface area contributed by atoms with Crippen molar-refractivity contribution in [3.63, 3.8) is 0 Å². The van der Waals surface area contributed by atoms with Gasteiger partial charge in [0.25, 0.3) is 0 Å². The van der Waals surface area contributed by atoms with Crippen LogP contribution in [0.4, 0.5) is 0 Å². The molecule has 0 aliphatic carbocycles. The molecule has 16 heavy (non-hydrogen) atoms. The number of ether oxygens (including phenoxy) is 1. The van der Waals surface area contributed by atoms with E-state index in [2.05, 4.69) is 45.9 Å². The highest BCUT2D eigenvalue weighted by Gasteiger charge is 2.08. The Morgan fingerprint density at radius 2 is 1.75 bits per heavy atom. The van der Waals surface area contributed by atoms with Crippen LogP contribution in [0.2, 0.25) is 0 Å². The Hall–Kier alpha value is -1.02. The molecule has 0 radical (unpaired) electrons. The number of hydrogen-bond acceptors (Lipinski definition) is 2. The summed E-state index contributed by atoms with van der Waals surface area (Å²) in [5.41, 5.74) is 8.36. The number of para-hydroxylation sites is 1. The van der Waals surface area contributed by atoms with Crippen LogP contribution in [0.25, 0.3) is 0 Å². The second kappa shape index (κ2) is 5.90. The zero-order valence-electron chi connectivity index (χ0n) is 10.8. The molecule has 2 heteroatoms. The third-order valence-electron chi connectivity index (χ3n) is 2.96. The van der Waals surface area contributed by atoms with E-state index in [0.717, 1.165) is 12.2 Å². The molecule has 0 spiro atoms. The van der Waals surface area contributed by atoms with E-state index in [4.69, 9.17) is 10.5 Å². The summed E-state index contributed by atoms with van der Waals surface area (Å²) in [5.74, 6) is 1.53. The maximum atomic E-state index is 5.98. The predicted molar refractivity (Wildman–Crippen MR) is 68.8 cm³/mol. The first-order valence-electron chi connectivity index (χ1n) is 5.97. The molecule has 0 aromatic heterocycles. The number of rotatable bonds is 5. The molecule has 1 atom stereocenters. The average molecular weight is 221 g/mol. The molecular formula is C14H23NO. The molecule has 0 saturated heterocycles. The van der Waals surface area contributed by atoms with Crippen molar-refractivity contribution in [1.82, 2.24) is 0 Å². The molecule has 2 N–H and O–H groups in total. The van der Waals surface area contributed by atoms with E-state index in [1.54, 1.807) is 0 Å². The topological polar surface area (TPSA) is 35.2 Å². The van der Waals surface area contributed by atoms with Crippen molar-refractivity contribution < 1.29 is 4.74 Å². The molecule has 90 valence electrons. The summed E-state index contributed by atoms with van der Waals surface area (Å²) in [6, 6.07) is 6.43. The van der Waals surface area contributed by atoms with Gasteiger partial charge in [-0.2, -0.15) is 0 Å². The van der Waals surface area contributed by atoms with E-state index in [-0.39, 0.29) is 6.04 Å². The molecule has 0 fully saturated rings. The van der Waals surface area contributed by atoms with Crippen molar-refractivity contribution in [2.45, 2.75) is 40.2 Å². The molecule has 1 unspecified atom stereocenters. The molecular weight excluding hydrogens is 198 g/mol. The lowest BCUT2D eigenvalue weighted by Gasteiger charge is -2.17. The summed E-state index contributed by atoms with van der Waals surface area (Å²) >= 11 is 0. The fourth-order valence-electron chi connectivity index (χ4n) is 1.66. The maximum absolute atomic E-state index is 5.98. The standard InChI is InChI=1S/C14H23NO/c1-10(2)13(15)8-9-16-14-11(3)6-5-7-12(14)4/h5-7,10,13H,8-9,15H2,1-4H3. The van der Waals surface area contributed by atoms with Crippen molar-refractivity contribution >= 4 is 0 Å². The summed E-state index contributed by atoms with van der Waals surface area (Å²) in [7, 11) is 0. The van der Waals surface area contributed by atoms with Gasteiger partial charge in [-0.15, -0.1) is 0 Å². The zero-order chi connectivity index (χ0) is 12.1. The molecule has 0 aliphatic heterocycles. The normalized spacial score (nSPS) is 12.9. The lowest BCUT2D eigenvalue weighted by atomic mass is 10.0. The van der Waals surface area contributed by atoms with E-state index in [0.29, 0.717) is 12.5 Å². The van der Waals surface area contributed by atoms with Crippen LogP contribution in [0, 0.1) is 19.8 Å². The van der Waals surface area contributed by atoms with Crippen molar-refractivity contribution in [2.24, 2.45) is 11.7 Å². The lowest BCUT2D eigenvalue weighted by Crippen LogP contribution is -2.28. The van der Waals surface area contributed by atoms with Gasteiger partial charge in [-0.1, -0.05) is 32.0 Å². The van der Waals surface area contributed by atoms with Crippen LogP contribution in [0.5, 0.6) is 5.75 Å². The Morgan fingerprint density at radius 1 is 1.19 bits per heavy atom. The van der Waals surface area contributed by atoms with Gasteiger partial charge >= 0.3 is 0 Å². The van der Waals surface area contributed by atoms with E-state index < -0.39 is 0 Å². The van der Waals surface area contributed by atoms with Crippen LogP contribution in [0.1, 0.15) is 31.4 Å². The maximum Gasteiger partial charge on any atom is 0.125 e. The Kier molecular flexibility index (Phi) is 4.81. The van der Waals surface area contributed by atoms with Crippen molar-refractivity contribution in [3.8, 4) is 5.75 Å². The molecule has 2 nitrogen and oxygen atoms in total. The van der Waals surface area contributed by atoms with E-state index >= 15 is 0 Å². The van der Waals surface area contributed by atoms with E-state index in [1.165, 1.54) is 11.1 Å². The second-order valence-corrected chi connectivity index (χ2v) is 4.77. The monoisotopic (exact) mass is 221 g/mol. The Morgan fingerprint density at radius 3 is 2.25 bits per heavy atom. The van der Waals surface area contributed by atoms with Gasteiger partial charge in [-0.3, -0.25) is 0 Å². The van der Waals surface area contributed by atoms with Crippen molar-refractivity contribution in [1.29, 1.82) is 0 Å². The summed E-state index contributed by atoms with van der Waals surface area (Å²) in [5, 5.41) is 0. The number of hydrogen-bond donors (Lipinski definition) is 1. The Balaban J connectivity index is 2.49. The number of benzene rings is 1. The van der Waals surface area contributed by atoms with Crippen LogP contribution in [-0.4, -0.2) is 12.6 Å². The molecule has 1 rings (SSSR count). The Labute approximate surface area is 98.8 Å². The molecule has 0 aliphatic rings. The lowest BCUT2D eigenvalue weighted by molar-refractivity contribution is 0.279. The van der Waals surface area contributed by atoms with Gasteiger partial charge in [0.15, 0.2) is 0 Å². The average Bonchev–Trinajstić information content (AvgIpc) is 2.22. The van der Waals surface area contributed by atoms with Gasteiger partial charge in [0.1, 0.15) is 5.75 Å². The molecule has 0 bridgehead atoms. The molecule has 1 aromatic rings. The van der Waals surface area contributed by atoms with Gasteiger partial charge < -0.3 is 10.5 Å². The minimum atomic E-state index is 0.226. The third kappa shape index (κ3) is 3.53. The number of aryl methyl sites for hydroxylation is 2. The third-order valence-corrected chi connectivity index (χ3v) is 2.96. The van der Waals surface area contributed by atoms with Crippen LogP contribution in [-0.2, 0) is 0 Å². The highest BCUT2D eigenvalue weighted by Crippen LogP contribution is 2.22. The first-order chi connectivity index (χ1) is 7.52.